The van der Waals surface area contributed by atoms with Crippen molar-refractivity contribution in [1.29, 1.82) is 0 Å². The van der Waals surface area contributed by atoms with E-state index < -0.39 is 0 Å². The fourth-order valence-electron chi connectivity index (χ4n) is 0.998. The van der Waals surface area contributed by atoms with Crippen LogP contribution in [0.25, 0.3) is 5.57 Å². The zero-order valence-electron chi connectivity index (χ0n) is 8.30. The number of hydrogen-bond donors (Lipinski definition) is 1. The van der Waals surface area contributed by atoms with E-state index in [1.54, 1.807) is 31.5 Å². The second-order valence-corrected chi connectivity index (χ2v) is 2.58. The van der Waals surface area contributed by atoms with Gasteiger partial charge in [0.1, 0.15) is 5.69 Å². The van der Waals surface area contributed by atoms with Crippen molar-refractivity contribution in [2.75, 3.05) is 12.4 Å². The number of aromatic nitrogens is 1. The topological polar surface area (TPSA) is 67.5 Å². The van der Waals surface area contributed by atoms with Gasteiger partial charge in [-0.2, -0.15) is 0 Å². The molecule has 0 atom stereocenters. The van der Waals surface area contributed by atoms with Gasteiger partial charge >= 0.3 is 0 Å². The quantitative estimate of drug-likeness (QED) is 0.450. The number of nitrogens with one attached hydrogen (secondary N) is 1. The van der Waals surface area contributed by atoms with Gasteiger partial charge in [0.05, 0.1) is 0 Å². The Morgan fingerprint density at radius 2 is 2.53 bits per heavy atom. The Labute approximate surface area is 87.2 Å². The SMILES string of the molecule is C=C/C=C(\C=NC)c1cc(NC=O)on1. The number of rotatable bonds is 5. The molecule has 0 unspecified atom stereocenters. The molecule has 15 heavy (non-hydrogen) atoms. The lowest BCUT2D eigenvalue weighted by atomic mass is 10.2. The molecular formula is C10H11N3O2. The molecule has 1 aromatic rings. The second kappa shape index (κ2) is 5.54. The van der Waals surface area contributed by atoms with Crippen molar-refractivity contribution in [3.05, 3.63) is 30.5 Å². The van der Waals surface area contributed by atoms with Crippen LogP contribution >= 0.6 is 0 Å². The third-order valence-corrected chi connectivity index (χ3v) is 1.57. The lowest BCUT2D eigenvalue weighted by molar-refractivity contribution is -0.105. The van der Waals surface area contributed by atoms with Crippen LogP contribution in [-0.2, 0) is 4.79 Å². The summed E-state index contributed by atoms with van der Waals surface area (Å²) in [5.74, 6) is 0.291. The van der Waals surface area contributed by atoms with Crippen LogP contribution in [0.15, 0.2) is 34.3 Å². The van der Waals surface area contributed by atoms with Gasteiger partial charge in [-0.3, -0.25) is 15.1 Å². The molecule has 0 spiro atoms. The highest BCUT2D eigenvalue weighted by atomic mass is 16.5. The van der Waals surface area contributed by atoms with Gasteiger partial charge < -0.3 is 4.52 Å². The zero-order chi connectivity index (χ0) is 11.1. The van der Waals surface area contributed by atoms with Gasteiger partial charge in [-0.1, -0.05) is 23.9 Å². The van der Waals surface area contributed by atoms with E-state index in [-0.39, 0.29) is 0 Å². The van der Waals surface area contributed by atoms with E-state index in [0.717, 1.165) is 5.57 Å². The summed E-state index contributed by atoms with van der Waals surface area (Å²) < 4.78 is 4.85. The summed E-state index contributed by atoms with van der Waals surface area (Å²) in [5, 5.41) is 6.13. The molecule has 1 N–H and O–H groups in total. The summed E-state index contributed by atoms with van der Waals surface area (Å²) in [5.41, 5.74) is 1.35. The highest BCUT2D eigenvalue weighted by molar-refractivity contribution is 6.09. The molecule has 1 amide bonds. The van der Waals surface area contributed by atoms with E-state index in [2.05, 4.69) is 22.0 Å². The molecule has 1 aromatic heterocycles. The maximum Gasteiger partial charge on any atom is 0.231 e. The molecule has 1 rings (SSSR count). The Morgan fingerprint density at radius 1 is 1.73 bits per heavy atom. The van der Waals surface area contributed by atoms with Crippen LogP contribution in [-0.4, -0.2) is 24.8 Å². The first-order chi connectivity index (χ1) is 7.31. The Hall–Kier alpha value is -2.17. The average molecular weight is 205 g/mol. The van der Waals surface area contributed by atoms with Crippen molar-refractivity contribution >= 4 is 24.1 Å². The fourth-order valence-corrected chi connectivity index (χ4v) is 0.998. The highest BCUT2D eigenvalue weighted by Crippen LogP contribution is 2.16. The van der Waals surface area contributed by atoms with E-state index in [0.29, 0.717) is 18.0 Å². The average Bonchev–Trinajstić information content (AvgIpc) is 2.67. The third kappa shape index (κ3) is 2.91. The molecular weight excluding hydrogens is 194 g/mol. The fraction of sp³-hybridized carbons (Fsp3) is 0.100. The second-order valence-electron chi connectivity index (χ2n) is 2.58. The summed E-state index contributed by atoms with van der Waals surface area (Å²) in [4.78, 5) is 14.0. The van der Waals surface area contributed by atoms with Gasteiger partial charge in [-0.15, -0.1) is 0 Å². The molecule has 0 aromatic carbocycles. The molecule has 0 saturated carbocycles. The summed E-state index contributed by atoms with van der Waals surface area (Å²) >= 11 is 0. The van der Waals surface area contributed by atoms with Crippen LogP contribution in [0, 0.1) is 0 Å². The van der Waals surface area contributed by atoms with Crippen LogP contribution in [0.1, 0.15) is 5.69 Å². The molecule has 5 nitrogen and oxygen atoms in total. The maximum atomic E-state index is 10.1. The minimum Gasteiger partial charge on any atom is -0.338 e. The van der Waals surface area contributed by atoms with E-state index in [4.69, 9.17) is 4.52 Å². The Kier molecular flexibility index (Phi) is 4.03. The maximum absolute atomic E-state index is 10.1. The largest absolute Gasteiger partial charge is 0.338 e. The Bertz CT molecular complexity index is 405. The molecule has 5 heteroatoms. The first-order valence-corrected chi connectivity index (χ1v) is 4.24. The number of allylic oxidation sites excluding steroid dienone is 3. The predicted molar refractivity (Wildman–Crippen MR) is 58.8 cm³/mol. The molecule has 0 fully saturated rings. The standard InChI is InChI=1S/C10H11N3O2/c1-3-4-8(6-11-2)9-5-10(12-7-14)15-13-9/h3-7H,1H2,2H3,(H,12,14)/b8-4+,11-6?. The van der Waals surface area contributed by atoms with Crippen molar-refractivity contribution in [3.63, 3.8) is 0 Å². The lowest BCUT2D eigenvalue weighted by Gasteiger charge is -1.91. The smallest absolute Gasteiger partial charge is 0.231 e. The molecule has 1 heterocycles. The van der Waals surface area contributed by atoms with Gasteiger partial charge in [-0.25, -0.2) is 0 Å². The first-order valence-electron chi connectivity index (χ1n) is 4.24. The van der Waals surface area contributed by atoms with Gasteiger partial charge in [0.25, 0.3) is 0 Å². The molecule has 0 aliphatic rings. The minimum absolute atomic E-state index is 0.291. The number of hydrogen-bond acceptors (Lipinski definition) is 4. The third-order valence-electron chi connectivity index (χ3n) is 1.57. The van der Waals surface area contributed by atoms with Crippen LogP contribution in [0.4, 0.5) is 5.88 Å². The van der Waals surface area contributed by atoms with Crippen molar-refractivity contribution in [2.24, 2.45) is 4.99 Å². The van der Waals surface area contributed by atoms with Crippen molar-refractivity contribution < 1.29 is 9.32 Å². The number of carbonyl (C=O) groups is 1. The Balaban J connectivity index is 2.96. The highest BCUT2D eigenvalue weighted by Gasteiger charge is 2.05. The van der Waals surface area contributed by atoms with E-state index in [9.17, 15) is 4.79 Å². The molecule has 0 aliphatic heterocycles. The van der Waals surface area contributed by atoms with Crippen molar-refractivity contribution in [1.82, 2.24) is 5.16 Å². The van der Waals surface area contributed by atoms with Crippen LogP contribution in [0.5, 0.6) is 0 Å². The summed E-state index contributed by atoms with van der Waals surface area (Å²) in [6.45, 7) is 3.58. The molecule has 78 valence electrons. The Morgan fingerprint density at radius 3 is 3.13 bits per heavy atom. The number of carbonyl (C=O) groups excluding carboxylic acids is 1. The molecule has 0 radical (unpaired) electrons. The molecule has 0 bridgehead atoms. The van der Waals surface area contributed by atoms with E-state index in [1.807, 2.05) is 0 Å². The monoisotopic (exact) mass is 205 g/mol. The summed E-state index contributed by atoms with van der Waals surface area (Å²) in [6, 6.07) is 1.60. The van der Waals surface area contributed by atoms with Gasteiger partial charge in [-0.05, 0) is 0 Å². The molecule has 0 saturated heterocycles. The first kappa shape index (κ1) is 10.9. The number of aliphatic imine (C=N–C) groups is 1. The number of nitrogens with zero attached hydrogens (tertiary/aromatic N) is 2. The minimum atomic E-state index is 0.291. The van der Waals surface area contributed by atoms with E-state index >= 15 is 0 Å². The van der Waals surface area contributed by atoms with Crippen molar-refractivity contribution in [2.45, 2.75) is 0 Å². The number of anilines is 1. The summed E-state index contributed by atoms with van der Waals surface area (Å²) in [7, 11) is 1.65. The number of amides is 1. The zero-order valence-corrected chi connectivity index (χ0v) is 8.30. The predicted octanol–water partition coefficient (Wildman–Crippen LogP) is 1.51. The van der Waals surface area contributed by atoms with Crippen LogP contribution < -0.4 is 5.32 Å². The van der Waals surface area contributed by atoms with Gasteiger partial charge in [0, 0.05) is 24.9 Å². The van der Waals surface area contributed by atoms with Crippen LogP contribution in [0.3, 0.4) is 0 Å². The summed E-state index contributed by atoms with van der Waals surface area (Å²) in [6.07, 6.45) is 5.52. The van der Waals surface area contributed by atoms with E-state index in [1.165, 1.54) is 0 Å². The van der Waals surface area contributed by atoms with Crippen molar-refractivity contribution in [3.8, 4) is 0 Å². The van der Waals surface area contributed by atoms with Crippen LogP contribution in [0.2, 0.25) is 0 Å². The lowest BCUT2D eigenvalue weighted by Crippen LogP contribution is -1.90. The molecule has 0 aliphatic carbocycles. The van der Waals surface area contributed by atoms with Gasteiger partial charge in [0.15, 0.2) is 0 Å². The van der Waals surface area contributed by atoms with Gasteiger partial charge in [0.2, 0.25) is 12.3 Å². The normalized spacial score (nSPS) is 11.7.